The Kier molecular flexibility index (Phi) is 5.83. The van der Waals surface area contributed by atoms with Crippen LogP contribution in [0.5, 0.6) is 0 Å². The van der Waals surface area contributed by atoms with E-state index >= 15 is 0 Å². The molecule has 1 aliphatic carbocycles. The number of ether oxygens (including phenoxy) is 1. The first-order chi connectivity index (χ1) is 6.36. The molecule has 13 heavy (non-hydrogen) atoms. The normalized spacial score (nSPS) is 27.2. The van der Waals surface area contributed by atoms with Crippen LogP contribution in [0.15, 0.2) is 0 Å². The Bertz CT molecular complexity index is 126. The highest BCUT2D eigenvalue weighted by Gasteiger charge is 2.28. The number of thioether (sulfide) groups is 1. The van der Waals surface area contributed by atoms with Crippen LogP contribution in [0.3, 0.4) is 0 Å². The molecule has 0 atom stereocenters. The monoisotopic (exact) mass is 203 g/mol. The van der Waals surface area contributed by atoms with Gasteiger partial charge < -0.3 is 10.1 Å². The molecular weight excluding hydrogens is 182 g/mol. The summed E-state index contributed by atoms with van der Waals surface area (Å²) >= 11 is 1.90. The third-order valence-corrected chi connectivity index (χ3v) is 3.13. The lowest BCUT2D eigenvalue weighted by atomic mass is 9.89. The Hall–Kier alpha value is 0.270. The van der Waals surface area contributed by atoms with Gasteiger partial charge in [-0.25, -0.2) is 0 Å². The van der Waals surface area contributed by atoms with E-state index in [2.05, 4.69) is 18.5 Å². The molecule has 0 radical (unpaired) electrons. The number of nitrogens with one attached hydrogen (secondary N) is 1. The Labute approximate surface area is 85.8 Å². The second-order valence-corrected chi connectivity index (χ2v) is 4.55. The molecule has 78 valence electrons. The second kappa shape index (κ2) is 6.68. The van der Waals surface area contributed by atoms with E-state index in [1.165, 1.54) is 25.0 Å². The van der Waals surface area contributed by atoms with Crippen molar-refractivity contribution in [1.29, 1.82) is 0 Å². The van der Waals surface area contributed by atoms with E-state index in [0.29, 0.717) is 6.10 Å². The van der Waals surface area contributed by atoms with Crippen LogP contribution >= 0.6 is 11.8 Å². The summed E-state index contributed by atoms with van der Waals surface area (Å²) in [6.45, 7) is 4.20. The van der Waals surface area contributed by atoms with Crippen molar-refractivity contribution in [2.75, 3.05) is 25.2 Å². The van der Waals surface area contributed by atoms with Crippen molar-refractivity contribution in [2.24, 2.45) is 0 Å². The van der Waals surface area contributed by atoms with Gasteiger partial charge in [-0.1, -0.05) is 6.92 Å². The predicted molar refractivity (Wildman–Crippen MR) is 59.4 cm³/mol. The van der Waals surface area contributed by atoms with Crippen molar-refractivity contribution in [3.63, 3.8) is 0 Å². The van der Waals surface area contributed by atoms with Crippen LogP contribution in [0.1, 0.15) is 26.2 Å². The topological polar surface area (TPSA) is 21.3 Å². The quantitative estimate of drug-likeness (QED) is 0.639. The van der Waals surface area contributed by atoms with Gasteiger partial charge in [0.25, 0.3) is 0 Å². The maximum Gasteiger partial charge on any atom is 0.0604 e. The first kappa shape index (κ1) is 11.3. The summed E-state index contributed by atoms with van der Waals surface area (Å²) < 4.78 is 5.70. The van der Waals surface area contributed by atoms with E-state index in [1.807, 2.05) is 11.8 Å². The maximum atomic E-state index is 5.70. The van der Waals surface area contributed by atoms with Crippen molar-refractivity contribution in [3.05, 3.63) is 0 Å². The van der Waals surface area contributed by atoms with Gasteiger partial charge in [-0.15, -0.1) is 0 Å². The van der Waals surface area contributed by atoms with Crippen LogP contribution in [0.2, 0.25) is 0 Å². The van der Waals surface area contributed by atoms with Crippen molar-refractivity contribution in [1.82, 2.24) is 5.32 Å². The average Bonchev–Trinajstić information content (AvgIpc) is 2.07. The molecule has 2 nitrogen and oxygen atoms in total. The van der Waals surface area contributed by atoms with Gasteiger partial charge in [0.2, 0.25) is 0 Å². The molecule has 1 fully saturated rings. The summed E-state index contributed by atoms with van der Waals surface area (Å²) in [6.07, 6.45) is 6.32. The molecule has 1 rings (SSSR count). The van der Waals surface area contributed by atoms with Crippen molar-refractivity contribution >= 4 is 11.8 Å². The van der Waals surface area contributed by atoms with E-state index < -0.39 is 0 Å². The fraction of sp³-hybridized carbons (Fsp3) is 1.00. The first-order valence-corrected chi connectivity index (χ1v) is 6.60. The van der Waals surface area contributed by atoms with Gasteiger partial charge in [0.05, 0.1) is 6.10 Å². The van der Waals surface area contributed by atoms with Crippen molar-refractivity contribution in [3.8, 4) is 0 Å². The third-order valence-electron chi connectivity index (χ3n) is 2.43. The largest absolute Gasteiger partial charge is 0.378 e. The van der Waals surface area contributed by atoms with Gasteiger partial charge in [-0.05, 0) is 37.8 Å². The van der Waals surface area contributed by atoms with Gasteiger partial charge in [0, 0.05) is 12.6 Å². The molecule has 1 N–H and O–H groups in total. The fourth-order valence-electron chi connectivity index (χ4n) is 1.61. The Morgan fingerprint density at radius 3 is 2.85 bits per heavy atom. The fourth-order valence-corrected chi connectivity index (χ4v) is 2.02. The Morgan fingerprint density at radius 1 is 1.46 bits per heavy atom. The van der Waals surface area contributed by atoms with Gasteiger partial charge in [0.1, 0.15) is 0 Å². The minimum Gasteiger partial charge on any atom is -0.378 e. The zero-order valence-electron chi connectivity index (χ0n) is 8.71. The highest BCUT2D eigenvalue weighted by Crippen LogP contribution is 2.23. The van der Waals surface area contributed by atoms with E-state index in [0.717, 1.165) is 19.2 Å². The Morgan fingerprint density at radius 2 is 2.23 bits per heavy atom. The first-order valence-electron chi connectivity index (χ1n) is 5.20. The number of hydrogen-bond donors (Lipinski definition) is 1. The van der Waals surface area contributed by atoms with E-state index in [-0.39, 0.29) is 0 Å². The standard InChI is InChI=1S/C10H21NOS/c1-3-11-9-7-10(8-9)12-5-4-6-13-2/h9-11H,3-8H2,1-2H3/t9-,10-. The van der Waals surface area contributed by atoms with Gasteiger partial charge in [0.15, 0.2) is 0 Å². The van der Waals surface area contributed by atoms with Gasteiger partial charge in [-0.3, -0.25) is 0 Å². The van der Waals surface area contributed by atoms with Crippen molar-refractivity contribution in [2.45, 2.75) is 38.3 Å². The number of hydrogen-bond acceptors (Lipinski definition) is 3. The summed E-state index contributed by atoms with van der Waals surface area (Å²) in [5, 5.41) is 3.43. The van der Waals surface area contributed by atoms with E-state index in [1.54, 1.807) is 0 Å². The highest BCUT2D eigenvalue weighted by atomic mass is 32.2. The minimum atomic E-state index is 0.547. The summed E-state index contributed by atoms with van der Waals surface area (Å²) in [5.74, 6) is 1.23. The Balaban J connectivity index is 1.84. The molecule has 0 aliphatic heterocycles. The molecule has 0 aromatic rings. The van der Waals surface area contributed by atoms with E-state index in [4.69, 9.17) is 4.74 Å². The molecule has 0 heterocycles. The van der Waals surface area contributed by atoms with Crippen LogP contribution in [0, 0.1) is 0 Å². The maximum absolute atomic E-state index is 5.70. The van der Waals surface area contributed by atoms with E-state index in [9.17, 15) is 0 Å². The summed E-state index contributed by atoms with van der Waals surface area (Å²) in [4.78, 5) is 0. The van der Waals surface area contributed by atoms with Crippen LogP contribution in [0.4, 0.5) is 0 Å². The zero-order valence-corrected chi connectivity index (χ0v) is 9.53. The third kappa shape index (κ3) is 4.34. The molecule has 0 aromatic heterocycles. The molecule has 0 aromatic carbocycles. The van der Waals surface area contributed by atoms with Crippen LogP contribution in [-0.4, -0.2) is 37.3 Å². The SMILES string of the molecule is CCN[C@H]1C[C@H](OCCCSC)C1. The summed E-state index contributed by atoms with van der Waals surface area (Å²) in [5.41, 5.74) is 0. The number of rotatable bonds is 7. The molecule has 0 amide bonds. The molecule has 3 heteroatoms. The predicted octanol–water partition coefficient (Wildman–Crippen LogP) is 1.90. The minimum absolute atomic E-state index is 0.547. The van der Waals surface area contributed by atoms with Gasteiger partial charge >= 0.3 is 0 Å². The summed E-state index contributed by atoms with van der Waals surface area (Å²) in [7, 11) is 0. The molecule has 1 saturated carbocycles. The van der Waals surface area contributed by atoms with Crippen LogP contribution < -0.4 is 5.32 Å². The lowest BCUT2D eigenvalue weighted by Gasteiger charge is -2.35. The van der Waals surface area contributed by atoms with Crippen LogP contribution in [0.25, 0.3) is 0 Å². The lowest BCUT2D eigenvalue weighted by Crippen LogP contribution is -2.45. The molecule has 0 unspecified atom stereocenters. The highest BCUT2D eigenvalue weighted by molar-refractivity contribution is 7.98. The molecule has 0 bridgehead atoms. The molecule has 1 aliphatic rings. The lowest BCUT2D eigenvalue weighted by molar-refractivity contribution is -0.0152. The van der Waals surface area contributed by atoms with Gasteiger partial charge in [-0.2, -0.15) is 11.8 Å². The van der Waals surface area contributed by atoms with Crippen molar-refractivity contribution < 1.29 is 4.74 Å². The second-order valence-electron chi connectivity index (χ2n) is 3.57. The average molecular weight is 203 g/mol. The summed E-state index contributed by atoms with van der Waals surface area (Å²) in [6, 6.07) is 0.732. The molecular formula is C10H21NOS. The zero-order chi connectivity index (χ0) is 9.52. The molecule has 0 spiro atoms. The molecule has 0 saturated heterocycles. The smallest absolute Gasteiger partial charge is 0.0604 e. The van der Waals surface area contributed by atoms with Crippen LogP contribution in [-0.2, 0) is 4.74 Å².